The fourth-order valence-electron chi connectivity index (χ4n) is 4.62. The van der Waals surface area contributed by atoms with Gasteiger partial charge in [0.2, 0.25) is 0 Å². The zero-order chi connectivity index (χ0) is 24.2. The molecule has 35 heavy (non-hydrogen) atoms. The highest BCUT2D eigenvalue weighted by Gasteiger charge is 2.22. The van der Waals surface area contributed by atoms with Crippen LogP contribution in [0, 0.1) is 12.7 Å². The number of rotatable bonds is 7. The first-order valence-electron chi connectivity index (χ1n) is 12.1. The van der Waals surface area contributed by atoms with E-state index < -0.39 is 0 Å². The summed E-state index contributed by atoms with van der Waals surface area (Å²) in [5, 5.41) is 10.4. The van der Waals surface area contributed by atoms with E-state index in [1.54, 1.807) is 6.07 Å². The van der Waals surface area contributed by atoms with Crippen LogP contribution in [-0.2, 0) is 4.74 Å². The number of morpholine rings is 1. The molecule has 3 heterocycles. The van der Waals surface area contributed by atoms with Crippen molar-refractivity contribution in [2.45, 2.75) is 51.2 Å². The Morgan fingerprint density at radius 3 is 2.94 bits per heavy atom. The quantitative estimate of drug-likeness (QED) is 0.446. The van der Waals surface area contributed by atoms with Gasteiger partial charge in [-0.05, 0) is 50.3 Å². The number of nitrogens with zero attached hydrogens (tertiary/aromatic N) is 2. The van der Waals surface area contributed by atoms with Gasteiger partial charge in [0.05, 0.1) is 35.3 Å². The highest BCUT2D eigenvalue weighted by Crippen LogP contribution is 2.37. The number of carbonyl (C=O) groups is 1. The van der Waals surface area contributed by atoms with Crippen LogP contribution >= 0.6 is 11.3 Å². The molecule has 10 heteroatoms. The van der Waals surface area contributed by atoms with E-state index in [0.29, 0.717) is 46.7 Å². The lowest BCUT2D eigenvalue weighted by molar-refractivity contribution is 0.0735. The molecule has 3 N–H and O–H groups in total. The molecule has 1 aromatic carbocycles. The van der Waals surface area contributed by atoms with Gasteiger partial charge in [0, 0.05) is 25.2 Å². The number of anilines is 2. The summed E-state index contributed by atoms with van der Waals surface area (Å²) in [6.07, 6.45) is 6.95. The van der Waals surface area contributed by atoms with Crippen LogP contribution in [-0.4, -0.2) is 54.3 Å². The number of benzene rings is 1. The normalized spacial score (nSPS) is 19.0. The third kappa shape index (κ3) is 5.55. The van der Waals surface area contributed by atoms with E-state index >= 15 is 0 Å². The molecule has 2 aromatic heterocycles. The third-order valence-corrected chi connectivity index (χ3v) is 7.68. The summed E-state index contributed by atoms with van der Waals surface area (Å²) in [6, 6.07) is 4.57. The monoisotopic (exact) mass is 499 g/mol. The Labute approximate surface area is 207 Å². The van der Waals surface area contributed by atoms with Gasteiger partial charge in [-0.25, -0.2) is 14.4 Å². The molecule has 3 aromatic rings. The van der Waals surface area contributed by atoms with Crippen molar-refractivity contribution in [3.8, 4) is 5.75 Å². The van der Waals surface area contributed by atoms with Crippen molar-refractivity contribution < 1.29 is 18.7 Å². The lowest BCUT2D eigenvalue weighted by atomic mass is 9.98. The van der Waals surface area contributed by atoms with Crippen molar-refractivity contribution in [3.05, 3.63) is 40.8 Å². The number of thiophene rings is 1. The number of hydrogen-bond acceptors (Lipinski definition) is 8. The predicted molar refractivity (Wildman–Crippen MR) is 134 cm³/mol. The summed E-state index contributed by atoms with van der Waals surface area (Å²) < 4.78 is 25.7. The SMILES string of the molecule is Cc1c(C(=O)NCC2COCCN2)sc2ncnc(Nc3ccc(F)cc3OC3CCCCC3)c12. The number of ether oxygens (including phenoxy) is 2. The third-order valence-electron chi connectivity index (χ3n) is 6.48. The molecule has 1 atom stereocenters. The summed E-state index contributed by atoms with van der Waals surface area (Å²) in [7, 11) is 0. The van der Waals surface area contributed by atoms with E-state index in [4.69, 9.17) is 9.47 Å². The molecule has 186 valence electrons. The van der Waals surface area contributed by atoms with E-state index in [2.05, 4.69) is 25.9 Å². The molecule has 1 amide bonds. The van der Waals surface area contributed by atoms with Crippen LogP contribution in [0.15, 0.2) is 24.5 Å². The molecule has 1 aliphatic heterocycles. The van der Waals surface area contributed by atoms with Gasteiger partial charge in [0.1, 0.15) is 28.5 Å². The lowest BCUT2D eigenvalue weighted by Crippen LogP contribution is -2.48. The second kappa shape index (κ2) is 10.8. The molecular weight excluding hydrogens is 469 g/mol. The number of fused-ring (bicyclic) bond motifs is 1. The Morgan fingerprint density at radius 1 is 1.29 bits per heavy atom. The molecular formula is C25H30FN5O3S. The predicted octanol–water partition coefficient (Wildman–Crippen LogP) is 4.31. The maximum absolute atomic E-state index is 14.1. The Kier molecular flexibility index (Phi) is 7.40. The Balaban J connectivity index is 1.37. The first kappa shape index (κ1) is 23.9. The maximum atomic E-state index is 14.1. The molecule has 1 aliphatic carbocycles. The minimum absolute atomic E-state index is 0.0822. The summed E-state index contributed by atoms with van der Waals surface area (Å²) in [5.41, 5.74) is 1.44. The molecule has 1 saturated heterocycles. The van der Waals surface area contributed by atoms with Crippen LogP contribution in [0.4, 0.5) is 15.9 Å². The fourth-order valence-corrected chi connectivity index (χ4v) is 5.68. The van der Waals surface area contributed by atoms with E-state index in [-0.39, 0.29) is 23.9 Å². The Bertz CT molecular complexity index is 1190. The van der Waals surface area contributed by atoms with E-state index in [0.717, 1.165) is 43.2 Å². The second-order valence-corrected chi connectivity index (χ2v) is 10.0. The smallest absolute Gasteiger partial charge is 0.261 e. The highest BCUT2D eigenvalue weighted by atomic mass is 32.1. The minimum atomic E-state index is -0.349. The van der Waals surface area contributed by atoms with Gasteiger partial charge in [-0.1, -0.05) is 6.42 Å². The van der Waals surface area contributed by atoms with Crippen molar-refractivity contribution >= 4 is 39.0 Å². The fraction of sp³-hybridized carbons (Fsp3) is 0.480. The van der Waals surface area contributed by atoms with Gasteiger partial charge in [-0.2, -0.15) is 0 Å². The molecule has 1 saturated carbocycles. The Hall–Kier alpha value is -2.82. The number of aromatic nitrogens is 2. The van der Waals surface area contributed by atoms with Crippen LogP contribution < -0.4 is 20.7 Å². The number of carbonyl (C=O) groups excluding carboxylic acids is 1. The summed E-state index contributed by atoms with van der Waals surface area (Å²) in [5.74, 6) is 0.534. The molecule has 0 bridgehead atoms. The molecule has 2 fully saturated rings. The number of amides is 1. The maximum Gasteiger partial charge on any atom is 0.261 e. The molecule has 5 rings (SSSR count). The van der Waals surface area contributed by atoms with Crippen molar-refractivity contribution in [2.75, 3.05) is 31.6 Å². The van der Waals surface area contributed by atoms with Crippen LogP contribution in [0.3, 0.4) is 0 Å². The minimum Gasteiger partial charge on any atom is -0.488 e. The number of nitrogens with one attached hydrogen (secondary N) is 3. The molecule has 0 radical (unpaired) electrons. The van der Waals surface area contributed by atoms with Crippen molar-refractivity contribution in [3.63, 3.8) is 0 Å². The van der Waals surface area contributed by atoms with Crippen molar-refractivity contribution in [1.29, 1.82) is 0 Å². The van der Waals surface area contributed by atoms with Crippen molar-refractivity contribution in [2.24, 2.45) is 0 Å². The van der Waals surface area contributed by atoms with Gasteiger partial charge < -0.3 is 25.4 Å². The van der Waals surface area contributed by atoms with Gasteiger partial charge >= 0.3 is 0 Å². The topological polar surface area (TPSA) is 97.4 Å². The van der Waals surface area contributed by atoms with Crippen LogP contribution in [0.2, 0.25) is 0 Å². The molecule has 2 aliphatic rings. The average Bonchev–Trinajstić information content (AvgIpc) is 3.23. The van der Waals surface area contributed by atoms with E-state index in [1.807, 2.05) is 6.92 Å². The van der Waals surface area contributed by atoms with Gasteiger partial charge in [0.25, 0.3) is 5.91 Å². The summed E-state index contributed by atoms with van der Waals surface area (Å²) in [4.78, 5) is 23.1. The van der Waals surface area contributed by atoms with Crippen LogP contribution in [0.25, 0.3) is 10.2 Å². The molecule has 1 unspecified atom stereocenters. The summed E-state index contributed by atoms with van der Waals surface area (Å²) in [6.45, 7) is 4.43. The summed E-state index contributed by atoms with van der Waals surface area (Å²) >= 11 is 1.33. The van der Waals surface area contributed by atoms with Crippen LogP contribution in [0.1, 0.15) is 47.3 Å². The van der Waals surface area contributed by atoms with E-state index in [9.17, 15) is 9.18 Å². The zero-order valence-electron chi connectivity index (χ0n) is 19.7. The Morgan fingerprint density at radius 2 is 2.14 bits per heavy atom. The second-order valence-electron chi connectivity index (χ2n) is 9.04. The van der Waals surface area contributed by atoms with Crippen molar-refractivity contribution in [1.82, 2.24) is 20.6 Å². The highest BCUT2D eigenvalue weighted by molar-refractivity contribution is 7.20. The van der Waals surface area contributed by atoms with Gasteiger partial charge in [0.15, 0.2) is 0 Å². The number of aryl methyl sites for hydroxylation is 1. The zero-order valence-corrected chi connectivity index (χ0v) is 20.5. The van der Waals surface area contributed by atoms with Gasteiger partial charge in [-0.3, -0.25) is 4.79 Å². The average molecular weight is 500 g/mol. The van der Waals surface area contributed by atoms with Gasteiger partial charge in [-0.15, -0.1) is 11.3 Å². The molecule has 0 spiro atoms. The first-order valence-corrected chi connectivity index (χ1v) is 13.0. The van der Waals surface area contributed by atoms with Crippen LogP contribution in [0.5, 0.6) is 5.75 Å². The number of hydrogen-bond donors (Lipinski definition) is 3. The first-order chi connectivity index (χ1) is 17.1. The molecule has 8 nitrogen and oxygen atoms in total. The number of halogens is 1. The van der Waals surface area contributed by atoms with E-state index in [1.165, 1.54) is 36.2 Å². The lowest BCUT2D eigenvalue weighted by Gasteiger charge is -2.24. The largest absolute Gasteiger partial charge is 0.488 e. The standard InChI is InChI=1S/C25H30FN5O3S/c1-15-21-23(31-19-8-7-16(26)11-20(19)34-18-5-3-2-4-6-18)29-14-30-25(21)35-22(15)24(32)28-12-17-13-33-10-9-27-17/h7-8,11,14,17-18,27H,2-6,9-10,12-13H2,1H3,(H,28,32)(H,29,30,31).